The summed E-state index contributed by atoms with van der Waals surface area (Å²) < 4.78 is 5.51. The van der Waals surface area contributed by atoms with E-state index in [0.717, 1.165) is 25.1 Å². The molecule has 0 aliphatic heterocycles. The van der Waals surface area contributed by atoms with E-state index in [1.54, 1.807) is 0 Å². The van der Waals surface area contributed by atoms with Gasteiger partial charge in [-0.25, -0.2) is 0 Å². The average molecular weight is 292 g/mol. The molecule has 0 heterocycles. The van der Waals surface area contributed by atoms with E-state index in [9.17, 15) is 9.90 Å². The van der Waals surface area contributed by atoms with Crippen LogP contribution in [0, 0.1) is 5.92 Å². The lowest BCUT2D eigenvalue weighted by atomic mass is 9.82. The van der Waals surface area contributed by atoms with E-state index < -0.39 is 0 Å². The molecule has 5 nitrogen and oxygen atoms in total. The molecule has 1 fully saturated rings. The van der Waals surface area contributed by atoms with E-state index in [0.29, 0.717) is 25.6 Å². The summed E-state index contributed by atoms with van der Waals surface area (Å²) in [4.78, 5) is 13.8. The molecule has 1 saturated carbocycles. The molecule has 0 bridgehead atoms. The van der Waals surface area contributed by atoms with Crippen molar-refractivity contribution in [2.24, 2.45) is 5.92 Å². The summed E-state index contributed by atoms with van der Waals surface area (Å²) in [6, 6.07) is 9.55. The van der Waals surface area contributed by atoms with Gasteiger partial charge in [0.2, 0.25) is 5.91 Å². The van der Waals surface area contributed by atoms with Gasteiger partial charge in [-0.1, -0.05) is 18.2 Å². The number of para-hydroxylation sites is 1. The molecule has 21 heavy (non-hydrogen) atoms. The van der Waals surface area contributed by atoms with Gasteiger partial charge in [0, 0.05) is 6.54 Å². The van der Waals surface area contributed by atoms with Gasteiger partial charge in [0.05, 0.1) is 19.2 Å². The number of carbonyl (C=O) groups is 1. The predicted molar refractivity (Wildman–Crippen MR) is 81.2 cm³/mol. The fourth-order valence-corrected chi connectivity index (χ4v) is 2.53. The number of likely N-dealkylation sites (N-methyl/N-ethyl adjacent to an activating group) is 1. The molecule has 0 radical (unpaired) electrons. The normalized spacial score (nSPS) is 20.9. The molecule has 1 aromatic rings. The van der Waals surface area contributed by atoms with E-state index in [-0.39, 0.29) is 12.0 Å². The lowest BCUT2D eigenvalue weighted by Gasteiger charge is -2.34. The molecule has 5 heteroatoms. The molecule has 0 unspecified atom stereocenters. The Morgan fingerprint density at radius 1 is 1.38 bits per heavy atom. The Kier molecular flexibility index (Phi) is 6.02. The molecule has 0 spiro atoms. The zero-order valence-electron chi connectivity index (χ0n) is 12.5. The highest BCUT2D eigenvalue weighted by Gasteiger charge is 2.28. The van der Waals surface area contributed by atoms with Crippen LogP contribution in [-0.4, -0.2) is 55.3 Å². The van der Waals surface area contributed by atoms with Crippen LogP contribution < -0.4 is 10.1 Å². The Hall–Kier alpha value is -1.59. The highest BCUT2D eigenvalue weighted by atomic mass is 16.5. The summed E-state index contributed by atoms with van der Waals surface area (Å²) in [5.41, 5.74) is 0. The fourth-order valence-electron chi connectivity index (χ4n) is 2.53. The molecular weight excluding hydrogens is 268 g/mol. The minimum absolute atomic E-state index is 0.00836. The maximum Gasteiger partial charge on any atom is 0.234 e. The van der Waals surface area contributed by atoms with Crippen molar-refractivity contribution in [3.05, 3.63) is 30.3 Å². The number of benzene rings is 1. The van der Waals surface area contributed by atoms with Gasteiger partial charge < -0.3 is 15.2 Å². The SMILES string of the molecule is CN(CC(=O)NCCOc1ccccc1)CC1CC(O)C1. The molecule has 0 atom stereocenters. The average Bonchev–Trinajstić information content (AvgIpc) is 2.43. The lowest BCUT2D eigenvalue weighted by Crippen LogP contribution is -2.42. The zero-order valence-corrected chi connectivity index (χ0v) is 12.5. The second kappa shape index (κ2) is 8.00. The van der Waals surface area contributed by atoms with Crippen LogP contribution in [0.3, 0.4) is 0 Å². The number of carbonyl (C=O) groups excluding carboxylic acids is 1. The third kappa shape index (κ3) is 5.73. The van der Waals surface area contributed by atoms with E-state index in [1.165, 1.54) is 0 Å². The maximum atomic E-state index is 11.8. The molecule has 0 aromatic heterocycles. The summed E-state index contributed by atoms with van der Waals surface area (Å²) in [6.45, 7) is 2.22. The second-order valence-corrected chi connectivity index (χ2v) is 5.70. The van der Waals surface area contributed by atoms with Crippen molar-refractivity contribution in [2.45, 2.75) is 18.9 Å². The third-order valence-corrected chi connectivity index (χ3v) is 3.63. The molecule has 2 N–H and O–H groups in total. The quantitative estimate of drug-likeness (QED) is 0.698. The Labute approximate surface area is 125 Å². The van der Waals surface area contributed by atoms with Gasteiger partial charge in [0.15, 0.2) is 0 Å². The van der Waals surface area contributed by atoms with Crippen LogP contribution in [0.25, 0.3) is 0 Å². The molecule has 1 amide bonds. The topological polar surface area (TPSA) is 61.8 Å². The lowest BCUT2D eigenvalue weighted by molar-refractivity contribution is -0.122. The van der Waals surface area contributed by atoms with Crippen LogP contribution in [0.5, 0.6) is 5.75 Å². The number of ether oxygens (including phenoxy) is 1. The number of aliphatic hydroxyl groups excluding tert-OH is 1. The number of nitrogens with one attached hydrogen (secondary N) is 1. The van der Waals surface area contributed by atoms with Crippen molar-refractivity contribution in [3.63, 3.8) is 0 Å². The number of aliphatic hydroxyl groups is 1. The second-order valence-electron chi connectivity index (χ2n) is 5.70. The maximum absolute atomic E-state index is 11.8. The first-order valence-corrected chi connectivity index (χ1v) is 7.44. The van der Waals surface area contributed by atoms with Crippen LogP contribution in [0.4, 0.5) is 0 Å². The first kappa shape index (κ1) is 15.8. The van der Waals surface area contributed by atoms with Crippen molar-refractivity contribution < 1.29 is 14.6 Å². The van der Waals surface area contributed by atoms with Gasteiger partial charge in [0.1, 0.15) is 12.4 Å². The van der Waals surface area contributed by atoms with Crippen LogP contribution in [0.1, 0.15) is 12.8 Å². The molecule has 1 aromatic carbocycles. The van der Waals surface area contributed by atoms with Crippen molar-refractivity contribution in [2.75, 3.05) is 33.3 Å². The zero-order chi connectivity index (χ0) is 15.1. The van der Waals surface area contributed by atoms with Gasteiger partial charge in [-0.2, -0.15) is 0 Å². The predicted octanol–water partition coefficient (Wildman–Crippen LogP) is 0.884. The van der Waals surface area contributed by atoms with E-state index in [1.807, 2.05) is 42.3 Å². The first-order valence-electron chi connectivity index (χ1n) is 7.44. The minimum atomic E-state index is -0.132. The van der Waals surface area contributed by atoms with Gasteiger partial charge in [-0.05, 0) is 37.9 Å². The molecule has 1 aliphatic rings. The van der Waals surface area contributed by atoms with Crippen LogP contribution in [0.2, 0.25) is 0 Å². The van der Waals surface area contributed by atoms with Crippen molar-refractivity contribution in [1.82, 2.24) is 10.2 Å². The van der Waals surface area contributed by atoms with Gasteiger partial charge in [-0.3, -0.25) is 9.69 Å². The van der Waals surface area contributed by atoms with Crippen LogP contribution >= 0.6 is 0 Å². The molecular formula is C16H24N2O3. The number of nitrogens with zero attached hydrogens (tertiary/aromatic N) is 1. The largest absolute Gasteiger partial charge is 0.492 e. The summed E-state index contributed by atoms with van der Waals surface area (Å²) in [5.74, 6) is 1.35. The Balaban J connectivity index is 1.53. The Morgan fingerprint density at radius 3 is 2.76 bits per heavy atom. The molecule has 2 rings (SSSR count). The van der Waals surface area contributed by atoms with Gasteiger partial charge >= 0.3 is 0 Å². The number of hydrogen-bond donors (Lipinski definition) is 2. The molecule has 0 saturated heterocycles. The molecule has 1 aliphatic carbocycles. The van der Waals surface area contributed by atoms with Crippen LogP contribution in [-0.2, 0) is 4.79 Å². The van der Waals surface area contributed by atoms with E-state index >= 15 is 0 Å². The summed E-state index contributed by atoms with van der Waals surface area (Å²) in [5, 5.41) is 12.1. The van der Waals surface area contributed by atoms with E-state index in [4.69, 9.17) is 4.74 Å². The first-order chi connectivity index (χ1) is 10.1. The highest BCUT2D eigenvalue weighted by Crippen LogP contribution is 2.27. The number of amides is 1. The Bertz CT molecular complexity index is 432. The molecule has 116 valence electrons. The fraction of sp³-hybridized carbons (Fsp3) is 0.562. The standard InChI is InChI=1S/C16H24N2O3/c1-18(11-13-9-14(19)10-13)12-16(20)17-7-8-21-15-5-3-2-4-6-15/h2-6,13-14,19H,7-12H2,1H3,(H,17,20). The van der Waals surface area contributed by atoms with Gasteiger partial charge in [0.25, 0.3) is 0 Å². The summed E-state index contributed by atoms with van der Waals surface area (Å²) in [7, 11) is 1.94. The smallest absolute Gasteiger partial charge is 0.234 e. The third-order valence-electron chi connectivity index (χ3n) is 3.63. The van der Waals surface area contributed by atoms with Crippen molar-refractivity contribution >= 4 is 5.91 Å². The summed E-state index contributed by atoms with van der Waals surface area (Å²) >= 11 is 0. The van der Waals surface area contributed by atoms with Crippen LogP contribution in [0.15, 0.2) is 30.3 Å². The highest BCUT2D eigenvalue weighted by molar-refractivity contribution is 5.77. The Morgan fingerprint density at radius 2 is 2.10 bits per heavy atom. The summed E-state index contributed by atoms with van der Waals surface area (Å²) in [6.07, 6.45) is 1.58. The van der Waals surface area contributed by atoms with Gasteiger partial charge in [-0.15, -0.1) is 0 Å². The number of rotatable bonds is 8. The number of hydrogen-bond acceptors (Lipinski definition) is 4. The van der Waals surface area contributed by atoms with Crippen molar-refractivity contribution in [3.8, 4) is 5.75 Å². The minimum Gasteiger partial charge on any atom is -0.492 e. The van der Waals surface area contributed by atoms with Crippen molar-refractivity contribution in [1.29, 1.82) is 0 Å². The van der Waals surface area contributed by atoms with E-state index in [2.05, 4.69) is 5.32 Å². The monoisotopic (exact) mass is 292 g/mol.